The monoisotopic (exact) mass is 258 g/mol. The van der Waals surface area contributed by atoms with Gasteiger partial charge in [0, 0.05) is 12.0 Å². The lowest BCUT2D eigenvalue weighted by molar-refractivity contribution is -0.0978. The van der Waals surface area contributed by atoms with Crippen LogP contribution in [0.1, 0.15) is 17.3 Å². The molecule has 1 aliphatic heterocycles. The number of amides is 1. The normalized spacial score (nSPS) is 17.4. The van der Waals surface area contributed by atoms with Crippen molar-refractivity contribution in [3.63, 3.8) is 0 Å². The first-order chi connectivity index (χ1) is 8.00. The van der Waals surface area contributed by atoms with Crippen molar-refractivity contribution in [3.05, 3.63) is 28.8 Å². The fourth-order valence-electron chi connectivity index (χ4n) is 1.52. The van der Waals surface area contributed by atoms with E-state index >= 15 is 0 Å². The molecular weight excluding hydrogens is 247 g/mol. The minimum atomic E-state index is -0.585. The smallest absolute Gasteiger partial charge is 0.254 e. The number of hydrogen-bond acceptors (Lipinski definition) is 3. The van der Waals surface area contributed by atoms with Gasteiger partial charge in [-0.3, -0.25) is 4.79 Å². The van der Waals surface area contributed by atoms with E-state index in [0.717, 1.165) is 12.3 Å². The summed E-state index contributed by atoms with van der Waals surface area (Å²) in [4.78, 5) is 15.3. The van der Waals surface area contributed by atoms with Gasteiger partial charge in [-0.05, 0) is 6.07 Å². The molecule has 0 radical (unpaired) electrons. The third-order valence-electron chi connectivity index (χ3n) is 2.63. The van der Waals surface area contributed by atoms with Gasteiger partial charge in [-0.1, -0.05) is 18.5 Å². The van der Waals surface area contributed by atoms with E-state index in [1.165, 1.54) is 0 Å². The number of carbonyl (C=O) groups excluding carboxylic acids is 1. The molecule has 1 amide bonds. The molecule has 92 valence electrons. The second kappa shape index (κ2) is 4.58. The van der Waals surface area contributed by atoms with E-state index in [2.05, 4.69) is 10.3 Å². The fourth-order valence-corrected chi connectivity index (χ4v) is 1.71. The Bertz CT molecular complexity index is 449. The summed E-state index contributed by atoms with van der Waals surface area (Å²) >= 11 is 5.73. The zero-order chi connectivity index (χ0) is 12.5. The molecule has 0 spiro atoms. The highest BCUT2D eigenvalue weighted by atomic mass is 35.5. The zero-order valence-electron chi connectivity index (χ0n) is 9.30. The molecule has 1 N–H and O–H groups in total. The Morgan fingerprint density at radius 2 is 2.41 bits per heavy atom. The lowest BCUT2D eigenvalue weighted by atomic mass is 9.89. The lowest BCUT2D eigenvalue weighted by Crippen LogP contribution is -2.48. The van der Waals surface area contributed by atoms with Crippen molar-refractivity contribution in [2.75, 3.05) is 19.8 Å². The summed E-state index contributed by atoms with van der Waals surface area (Å²) in [6.07, 6.45) is 0.972. The van der Waals surface area contributed by atoms with Crippen LogP contribution in [0.4, 0.5) is 4.39 Å². The third kappa shape index (κ3) is 2.73. The van der Waals surface area contributed by atoms with Gasteiger partial charge in [-0.2, -0.15) is 0 Å². The van der Waals surface area contributed by atoms with Gasteiger partial charge in [0.15, 0.2) is 0 Å². The molecule has 17 heavy (non-hydrogen) atoms. The van der Waals surface area contributed by atoms with Crippen molar-refractivity contribution in [1.82, 2.24) is 10.3 Å². The van der Waals surface area contributed by atoms with Crippen molar-refractivity contribution < 1.29 is 13.9 Å². The summed E-state index contributed by atoms with van der Waals surface area (Å²) in [6.45, 7) is 3.70. The Labute approximate surface area is 103 Å². The van der Waals surface area contributed by atoms with Gasteiger partial charge in [0.25, 0.3) is 5.91 Å². The molecular formula is C11H12ClFN2O2. The summed E-state index contributed by atoms with van der Waals surface area (Å²) in [5.41, 5.74) is 0.0126. The van der Waals surface area contributed by atoms with Crippen LogP contribution in [0.15, 0.2) is 12.3 Å². The van der Waals surface area contributed by atoms with Gasteiger partial charge in [-0.15, -0.1) is 0 Å². The molecule has 0 aliphatic carbocycles. The van der Waals surface area contributed by atoms with Crippen LogP contribution in [-0.2, 0) is 4.74 Å². The molecule has 4 nitrogen and oxygen atoms in total. The van der Waals surface area contributed by atoms with E-state index in [9.17, 15) is 9.18 Å². The second-order valence-corrected chi connectivity index (χ2v) is 4.84. The molecule has 1 aromatic rings. The topological polar surface area (TPSA) is 51.2 Å². The van der Waals surface area contributed by atoms with Crippen molar-refractivity contribution >= 4 is 17.5 Å². The Morgan fingerprint density at radius 3 is 3.00 bits per heavy atom. The number of nitrogens with zero attached hydrogens (tertiary/aromatic N) is 1. The van der Waals surface area contributed by atoms with E-state index in [1.807, 2.05) is 6.92 Å². The highest BCUT2D eigenvalue weighted by Gasteiger charge is 2.33. The van der Waals surface area contributed by atoms with Crippen molar-refractivity contribution in [1.29, 1.82) is 0 Å². The first-order valence-electron chi connectivity index (χ1n) is 5.17. The Morgan fingerprint density at radius 1 is 1.71 bits per heavy atom. The van der Waals surface area contributed by atoms with Crippen LogP contribution in [0.25, 0.3) is 0 Å². The average Bonchev–Trinajstić information content (AvgIpc) is 2.26. The summed E-state index contributed by atoms with van der Waals surface area (Å²) in [6, 6.07) is 1.07. The standard InChI is InChI=1S/C11H12ClFN2O2/c1-11(5-17-6-11)4-15-10(16)8-2-7(13)3-14-9(8)12/h2-3H,4-6H2,1H3,(H,15,16). The number of carbonyl (C=O) groups is 1. The maximum absolute atomic E-state index is 12.9. The molecule has 0 atom stereocenters. The number of rotatable bonds is 3. The number of ether oxygens (including phenoxy) is 1. The van der Waals surface area contributed by atoms with E-state index in [0.29, 0.717) is 19.8 Å². The van der Waals surface area contributed by atoms with E-state index in [4.69, 9.17) is 16.3 Å². The van der Waals surface area contributed by atoms with Crippen molar-refractivity contribution in [3.8, 4) is 0 Å². The van der Waals surface area contributed by atoms with Crippen LogP contribution < -0.4 is 5.32 Å². The SMILES string of the molecule is CC1(CNC(=O)c2cc(F)cnc2Cl)COC1. The van der Waals surface area contributed by atoms with E-state index in [1.54, 1.807) is 0 Å². The third-order valence-corrected chi connectivity index (χ3v) is 2.93. The number of aromatic nitrogens is 1. The summed E-state index contributed by atoms with van der Waals surface area (Å²) in [5.74, 6) is -1.01. The van der Waals surface area contributed by atoms with Gasteiger partial charge in [0.2, 0.25) is 0 Å². The van der Waals surface area contributed by atoms with Crippen molar-refractivity contribution in [2.45, 2.75) is 6.92 Å². The molecule has 2 heterocycles. The predicted octanol–water partition coefficient (Wildman–Crippen LogP) is 1.64. The molecule has 0 saturated carbocycles. The largest absolute Gasteiger partial charge is 0.380 e. The van der Waals surface area contributed by atoms with Crippen LogP contribution in [0.5, 0.6) is 0 Å². The van der Waals surface area contributed by atoms with Gasteiger partial charge in [0.05, 0.1) is 25.0 Å². The number of nitrogens with one attached hydrogen (secondary N) is 1. The highest BCUT2D eigenvalue weighted by molar-refractivity contribution is 6.32. The van der Waals surface area contributed by atoms with Crippen LogP contribution >= 0.6 is 11.6 Å². The quantitative estimate of drug-likeness (QED) is 0.839. The number of pyridine rings is 1. The predicted molar refractivity (Wildman–Crippen MR) is 60.5 cm³/mol. The lowest BCUT2D eigenvalue weighted by Gasteiger charge is -2.38. The van der Waals surface area contributed by atoms with Crippen molar-refractivity contribution in [2.24, 2.45) is 5.41 Å². The molecule has 1 saturated heterocycles. The van der Waals surface area contributed by atoms with E-state index < -0.39 is 11.7 Å². The average molecular weight is 259 g/mol. The minimum absolute atomic E-state index is 0.00101. The summed E-state index contributed by atoms with van der Waals surface area (Å²) < 4.78 is 18.0. The minimum Gasteiger partial charge on any atom is -0.380 e. The maximum Gasteiger partial charge on any atom is 0.254 e. The first kappa shape index (κ1) is 12.3. The van der Waals surface area contributed by atoms with Crippen LogP contribution in [0, 0.1) is 11.2 Å². The highest BCUT2D eigenvalue weighted by Crippen LogP contribution is 2.25. The fraction of sp³-hybridized carbons (Fsp3) is 0.455. The second-order valence-electron chi connectivity index (χ2n) is 4.48. The Hall–Kier alpha value is -1.20. The van der Waals surface area contributed by atoms with Crippen LogP contribution in [-0.4, -0.2) is 30.6 Å². The van der Waals surface area contributed by atoms with Gasteiger partial charge in [-0.25, -0.2) is 9.37 Å². The maximum atomic E-state index is 12.9. The first-order valence-corrected chi connectivity index (χ1v) is 5.55. The Kier molecular flexibility index (Phi) is 3.31. The number of hydrogen-bond donors (Lipinski definition) is 1. The summed E-state index contributed by atoms with van der Waals surface area (Å²) in [7, 11) is 0. The number of halogens is 2. The molecule has 1 aromatic heterocycles. The zero-order valence-corrected chi connectivity index (χ0v) is 10.1. The summed E-state index contributed by atoms with van der Waals surface area (Å²) in [5, 5.41) is 2.70. The van der Waals surface area contributed by atoms with Gasteiger partial charge in [0.1, 0.15) is 11.0 Å². The van der Waals surface area contributed by atoms with Gasteiger partial charge < -0.3 is 10.1 Å². The molecule has 0 bridgehead atoms. The molecule has 2 rings (SSSR count). The van der Waals surface area contributed by atoms with E-state index in [-0.39, 0.29) is 16.1 Å². The van der Waals surface area contributed by atoms with Crippen LogP contribution in [0.3, 0.4) is 0 Å². The van der Waals surface area contributed by atoms with Gasteiger partial charge >= 0.3 is 0 Å². The molecule has 0 aromatic carbocycles. The molecule has 1 fully saturated rings. The molecule has 0 unspecified atom stereocenters. The molecule has 6 heteroatoms. The Balaban J connectivity index is 2.01. The molecule has 1 aliphatic rings. The van der Waals surface area contributed by atoms with Crippen LogP contribution in [0.2, 0.25) is 5.15 Å².